The van der Waals surface area contributed by atoms with E-state index in [1.54, 1.807) is 0 Å². The number of hydrogen-bond acceptors (Lipinski definition) is 3. The van der Waals surface area contributed by atoms with Crippen LogP contribution in [0.25, 0.3) is 0 Å². The molecule has 0 saturated carbocycles. The molecule has 21 heavy (non-hydrogen) atoms. The molecule has 3 heteroatoms. The van der Waals surface area contributed by atoms with Crippen LogP contribution in [0, 0.1) is 12.8 Å². The van der Waals surface area contributed by atoms with E-state index in [4.69, 9.17) is 4.74 Å². The number of rotatable bonds is 5. The molecule has 2 unspecified atom stereocenters. The van der Waals surface area contributed by atoms with E-state index in [2.05, 4.69) is 12.2 Å². The number of carbonyl (C=O) groups excluding carboxylic acids is 1. The molecule has 0 heterocycles. The average Bonchev–Trinajstić information content (AvgIpc) is 2.53. The summed E-state index contributed by atoms with van der Waals surface area (Å²) in [7, 11) is 1.42. The second-order valence-electron chi connectivity index (χ2n) is 5.21. The van der Waals surface area contributed by atoms with Gasteiger partial charge in [0.15, 0.2) is 0 Å². The van der Waals surface area contributed by atoms with Crippen LogP contribution in [0.3, 0.4) is 0 Å². The molecule has 0 aromatic heterocycles. The van der Waals surface area contributed by atoms with Crippen molar-refractivity contribution in [2.45, 2.75) is 19.9 Å². The molecular weight excluding hydrogens is 262 g/mol. The number of hydrogen-bond donors (Lipinski definition) is 1. The van der Waals surface area contributed by atoms with Crippen molar-refractivity contribution in [3.8, 4) is 0 Å². The predicted octanol–water partition coefficient (Wildman–Crippen LogP) is 3.96. The summed E-state index contributed by atoms with van der Waals surface area (Å²) in [6.45, 7) is 3.93. The smallest absolute Gasteiger partial charge is 0.310 e. The molecule has 3 nitrogen and oxygen atoms in total. The maximum absolute atomic E-state index is 11.9. The predicted molar refractivity (Wildman–Crippen MR) is 85.2 cm³/mol. The van der Waals surface area contributed by atoms with E-state index in [0.717, 1.165) is 11.3 Å². The van der Waals surface area contributed by atoms with Crippen molar-refractivity contribution in [2.24, 2.45) is 5.92 Å². The second kappa shape index (κ2) is 6.93. The lowest BCUT2D eigenvalue weighted by Gasteiger charge is -2.25. The minimum atomic E-state index is -0.279. The Bertz CT molecular complexity index is 578. The van der Waals surface area contributed by atoms with E-state index in [0.29, 0.717) is 0 Å². The molecule has 0 spiro atoms. The van der Waals surface area contributed by atoms with Crippen molar-refractivity contribution in [3.05, 3.63) is 65.7 Å². The monoisotopic (exact) mass is 283 g/mol. The van der Waals surface area contributed by atoms with Crippen molar-refractivity contribution < 1.29 is 9.53 Å². The lowest BCUT2D eigenvalue weighted by Crippen LogP contribution is -2.26. The Morgan fingerprint density at radius 3 is 2.24 bits per heavy atom. The molecule has 2 rings (SSSR count). The van der Waals surface area contributed by atoms with Crippen molar-refractivity contribution in [1.29, 1.82) is 0 Å². The third-order valence-corrected chi connectivity index (χ3v) is 3.61. The van der Waals surface area contributed by atoms with Gasteiger partial charge in [-0.3, -0.25) is 4.79 Å². The number of carbonyl (C=O) groups is 1. The Labute approximate surface area is 126 Å². The number of ether oxygens (including phenoxy) is 1. The zero-order chi connectivity index (χ0) is 15.2. The minimum absolute atomic E-state index is 0.124. The Hall–Kier alpha value is -2.29. The van der Waals surface area contributed by atoms with E-state index in [1.165, 1.54) is 12.7 Å². The van der Waals surface area contributed by atoms with Gasteiger partial charge in [-0.15, -0.1) is 0 Å². The van der Waals surface area contributed by atoms with Gasteiger partial charge in [-0.2, -0.15) is 0 Å². The van der Waals surface area contributed by atoms with Gasteiger partial charge in [-0.1, -0.05) is 48.0 Å². The Morgan fingerprint density at radius 1 is 1.05 bits per heavy atom. The number of anilines is 1. The van der Waals surface area contributed by atoms with Gasteiger partial charge in [0.25, 0.3) is 0 Å². The van der Waals surface area contributed by atoms with Crippen LogP contribution in [-0.4, -0.2) is 13.1 Å². The van der Waals surface area contributed by atoms with E-state index in [1.807, 2.05) is 61.5 Å². The van der Waals surface area contributed by atoms with E-state index in [9.17, 15) is 4.79 Å². The summed E-state index contributed by atoms with van der Waals surface area (Å²) in [6.07, 6.45) is 0. The topological polar surface area (TPSA) is 38.3 Å². The SMILES string of the molecule is COC(=O)C(C)C(Nc1ccc(C)cc1)c1ccccc1. The Kier molecular flexibility index (Phi) is 4.99. The fourth-order valence-corrected chi connectivity index (χ4v) is 2.31. The second-order valence-corrected chi connectivity index (χ2v) is 5.21. The van der Waals surface area contributed by atoms with Crippen LogP contribution >= 0.6 is 0 Å². The molecule has 0 aliphatic heterocycles. The highest BCUT2D eigenvalue weighted by Crippen LogP contribution is 2.27. The van der Waals surface area contributed by atoms with Gasteiger partial charge < -0.3 is 10.1 Å². The first kappa shape index (κ1) is 15.1. The van der Waals surface area contributed by atoms with E-state index >= 15 is 0 Å². The molecule has 0 amide bonds. The summed E-state index contributed by atoms with van der Waals surface area (Å²) in [4.78, 5) is 11.9. The van der Waals surface area contributed by atoms with E-state index in [-0.39, 0.29) is 17.9 Å². The zero-order valence-corrected chi connectivity index (χ0v) is 12.7. The van der Waals surface area contributed by atoms with Gasteiger partial charge in [0.1, 0.15) is 0 Å². The van der Waals surface area contributed by atoms with Crippen molar-refractivity contribution >= 4 is 11.7 Å². The van der Waals surface area contributed by atoms with Crippen molar-refractivity contribution in [2.75, 3.05) is 12.4 Å². The van der Waals surface area contributed by atoms with E-state index < -0.39 is 0 Å². The zero-order valence-electron chi connectivity index (χ0n) is 12.7. The number of nitrogens with one attached hydrogen (secondary N) is 1. The molecule has 0 fully saturated rings. The van der Waals surface area contributed by atoms with Crippen LogP contribution in [0.1, 0.15) is 24.1 Å². The molecule has 0 radical (unpaired) electrons. The van der Waals surface area contributed by atoms with Crippen LogP contribution in [0.2, 0.25) is 0 Å². The van der Waals surface area contributed by atoms with Gasteiger partial charge in [0.2, 0.25) is 0 Å². The van der Waals surface area contributed by atoms with Gasteiger partial charge in [0.05, 0.1) is 19.1 Å². The maximum Gasteiger partial charge on any atom is 0.310 e. The highest BCUT2D eigenvalue weighted by atomic mass is 16.5. The molecule has 110 valence electrons. The fraction of sp³-hybridized carbons (Fsp3) is 0.278. The van der Waals surface area contributed by atoms with Gasteiger partial charge >= 0.3 is 5.97 Å². The molecule has 2 aromatic carbocycles. The normalized spacial score (nSPS) is 13.3. The van der Waals surface area contributed by atoms with Crippen LogP contribution < -0.4 is 5.32 Å². The standard InChI is InChI=1S/C18H21NO2/c1-13-9-11-16(12-10-13)19-17(14(2)18(20)21-3)15-7-5-4-6-8-15/h4-12,14,17,19H,1-3H3. The average molecular weight is 283 g/mol. The fourth-order valence-electron chi connectivity index (χ4n) is 2.31. The van der Waals surface area contributed by atoms with Crippen LogP contribution in [0.15, 0.2) is 54.6 Å². The summed E-state index contributed by atoms with van der Waals surface area (Å²) < 4.78 is 4.89. The minimum Gasteiger partial charge on any atom is -0.469 e. The van der Waals surface area contributed by atoms with Crippen molar-refractivity contribution in [3.63, 3.8) is 0 Å². The quantitative estimate of drug-likeness (QED) is 0.844. The first-order valence-electron chi connectivity index (χ1n) is 7.08. The largest absolute Gasteiger partial charge is 0.469 e. The van der Waals surface area contributed by atoms with Gasteiger partial charge in [0, 0.05) is 5.69 Å². The summed E-state index contributed by atoms with van der Waals surface area (Å²) in [5.74, 6) is -0.498. The van der Waals surface area contributed by atoms with Gasteiger partial charge in [-0.05, 0) is 31.5 Å². The first-order valence-corrected chi connectivity index (χ1v) is 7.08. The van der Waals surface area contributed by atoms with Crippen molar-refractivity contribution in [1.82, 2.24) is 0 Å². The molecule has 2 atom stereocenters. The van der Waals surface area contributed by atoms with Crippen LogP contribution in [0.5, 0.6) is 0 Å². The number of aryl methyl sites for hydroxylation is 1. The molecular formula is C18H21NO2. The summed E-state index contributed by atoms with van der Waals surface area (Å²) in [5.41, 5.74) is 3.26. The summed E-state index contributed by atoms with van der Waals surface area (Å²) in [5, 5.41) is 3.44. The Balaban J connectivity index is 2.27. The third kappa shape index (κ3) is 3.85. The Morgan fingerprint density at radius 2 is 1.67 bits per heavy atom. The third-order valence-electron chi connectivity index (χ3n) is 3.61. The summed E-state index contributed by atoms with van der Waals surface area (Å²) >= 11 is 0. The van der Waals surface area contributed by atoms with Crippen LogP contribution in [-0.2, 0) is 9.53 Å². The number of benzene rings is 2. The lowest BCUT2D eigenvalue weighted by atomic mass is 9.94. The molecule has 0 bridgehead atoms. The molecule has 2 aromatic rings. The summed E-state index contributed by atoms with van der Waals surface area (Å²) in [6, 6.07) is 18.0. The number of methoxy groups -OCH3 is 1. The molecule has 1 N–H and O–H groups in total. The lowest BCUT2D eigenvalue weighted by molar-refractivity contribution is -0.145. The maximum atomic E-state index is 11.9. The number of esters is 1. The highest BCUT2D eigenvalue weighted by Gasteiger charge is 2.26. The molecule has 0 saturated heterocycles. The van der Waals surface area contributed by atoms with Crippen LogP contribution in [0.4, 0.5) is 5.69 Å². The first-order chi connectivity index (χ1) is 10.1. The molecule has 0 aliphatic carbocycles. The molecule has 0 aliphatic rings. The highest BCUT2D eigenvalue weighted by molar-refractivity contribution is 5.74. The van der Waals surface area contributed by atoms with Gasteiger partial charge in [-0.25, -0.2) is 0 Å².